The van der Waals surface area contributed by atoms with Crippen molar-refractivity contribution in [3.63, 3.8) is 0 Å². The van der Waals surface area contributed by atoms with Crippen LogP contribution in [0.2, 0.25) is 0 Å². The van der Waals surface area contributed by atoms with Crippen molar-refractivity contribution < 1.29 is 4.74 Å². The number of likely N-dealkylation sites (N-methyl/N-ethyl adjacent to an activating group) is 1. The summed E-state index contributed by atoms with van der Waals surface area (Å²) in [4.78, 5) is 2.72. The highest BCUT2D eigenvalue weighted by atomic mass is 16.5. The number of rotatable bonds is 4. The van der Waals surface area contributed by atoms with Gasteiger partial charge in [-0.2, -0.15) is 0 Å². The van der Waals surface area contributed by atoms with E-state index in [1.165, 1.54) is 49.9 Å². The van der Waals surface area contributed by atoms with E-state index in [9.17, 15) is 0 Å². The summed E-state index contributed by atoms with van der Waals surface area (Å²) in [5, 5.41) is 3.57. The number of fused-ring (bicyclic) bond motifs is 1. The van der Waals surface area contributed by atoms with Crippen LogP contribution in [-0.4, -0.2) is 38.2 Å². The second kappa shape index (κ2) is 6.37. The fourth-order valence-corrected chi connectivity index (χ4v) is 4.14. The van der Waals surface area contributed by atoms with Crippen LogP contribution in [0.1, 0.15) is 43.4 Å². The number of hydrogen-bond acceptors (Lipinski definition) is 3. The molecule has 3 nitrogen and oxygen atoms in total. The molecule has 116 valence electrons. The second-order valence-electron chi connectivity index (χ2n) is 6.49. The third-order valence-corrected chi connectivity index (χ3v) is 5.45. The maximum atomic E-state index is 5.37. The molecule has 3 rings (SSSR count). The number of hydrogen-bond donors (Lipinski definition) is 1. The van der Waals surface area contributed by atoms with Gasteiger partial charge in [0.2, 0.25) is 0 Å². The Hall–Kier alpha value is -1.06. The summed E-state index contributed by atoms with van der Waals surface area (Å²) in [6.45, 7) is 4.88. The molecule has 3 atom stereocenters. The molecule has 21 heavy (non-hydrogen) atoms. The lowest BCUT2D eigenvalue weighted by atomic mass is 9.83. The summed E-state index contributed by atoms with van der Waals surface area (Å²) < 4.78 is 5.37. The molecule has 3 unspecified atom stereocenters. The molecule has 1 fully saturated rings. The smallest absolute Gasteiger partial charge is 0.119 e. The SMILES string of the molecule is CCC1CCN(C2CCc3cc(OC)ccc3C2NC)C1. The van der Waals surface area contributed by atoms with Gasteiger partial charge < -0.3 is 10.1 Å². The van der Waals surface area contributed by atoms with Crippen molar-refractivity contribution in [2.45, 2.75) is 44.7 Å². The van der Waals surface area contributed by atoms with Crippen molar-refractivity contribution in [3.05, 3.63) is 29.3 Å². The highest BCUT2D eigenvalue weighted by Gasteiger charge is 2.35. The molecule has 1 heterocycles. The predicted molar refractivity (Wildman–Crippen MR) is 86.9 cm³/mol. The number of ether oxygens (including phenoxy) is 1. The Kier molecular flexibility index (Phi) is 4.51. The molecule has 0 aromatic heterocycles. The molecule has 0 saturated carbocycles. The van der Waals surface area contributed by atoms with Crippen LogP contribution in [-0.2, 0) is 6.42 Å². The molecule has 0 bridgehead atoms. The fraction of sp³-hybridized carbons (Fsp3) is 0.667. The van der Waals surface area contributed by atoms with Crippen molar-refractivity contribution in [1.82, 2.24) is 10.2 Å². The van der Waals surface area contributed by atoms with Gasteiger partial charge in [0.25, 0.3) is 0 Å². The topological polar surface area (TPSA) is 24.5 Å². The quantitative estimate of drug-likeness (QED) is 0.922. The number of methoxy groups -OCH3 is 1. The predicted octanol–water partition coefficient (Wildman–Crippen LogP) is 3.00. The Labute approximate surface area is 128 Å². The van der Waals surface area contributed by atoms with Crippen molar-refractivity contribution in [2.75, 3.05) is 27.2 Å². The first-order chi connectivity index (χ1) is 10.3. The lowest BCUT2D eigenvalue weighted by Crippen LogP contribution is -2.45. The minimum atomic E-state index is 0.454. The first kappa shape index (κ1) is 14.9. The second-order valence-corrected chi connectivity index (χ2v) is 6.49. The summed E-state index contributed by atoms with van der Waals surface area (Å²) in [7, 11) is 3.85. The van der Waals surface area contributed by atoms with Gasteiger partial charge in [-0.3, -0.25) is 4.90 Å². The maximum absolute atomic E-state index is 5.37. The van der Waals surface area contributed by atoms with Gasteiger partial charge in [-0.15, -0.1) is 0 Å². The zero-order valence-electron chi connectivity index (χ0n) is 13.6. The average molecular weight is 288 g/mol. The summed E-state index contributed by atoms with van der Waals surface area (Å²) in [5.41, 5.74) is 2.92. The van der Waals surface area contributed by atoms with Crippen LogP contribution in [0.5, 0.6) is 5.75 Å². The van der Waals surface area contributed by atoms with Gasteiger partial charge in [-0.25, -0.2) is 0 Å². The lowest BCUT2D eigenvalue weighted by Gasteiger charge is -2.39. The zero-order valence-corrected chi connectivity index (χ0v) is 13.6. The van der Waals surface area contributed by atoms with Crippen molar-refractivity contribution in [3.8, 4) is 5.75 Å². The maximum Gasteiger partial charge on any atom is 0.119 e. The number of benzene rings is 1. The molecule has 1 aliphatic heterocycles. The minimum Gasteiger partial charge on any atom is -0.497 e. The molecule has 3 heteroatoms. The molecule has 0 radical (unpaired) electrons. The van der Waals surface area contributed by atoms with E-state index in [4.69, 9.17) is 4.74 Å². The highest BCUT2D eigenvalue weighted by Crippen LogP contribution is 2.37. The summed E-state index contributed by atoms with van der Waals surface area (Å²) in [5.74, 6) is 1.88. The Morgan fingerprint density at radius 3 is 2.86 bits per heavy atom. The Morgan fingerprint density at radius 2 is 2.19 bits per heavy atom. The standard InChI is InChI=1S/C18H28N2O/c1-4-13-9-10-20(12-13)17-8-5-14-11-15(21-3)6-7-16(14)18(17)19-2/h6-7,11,13,17-19H,4-5,8-10,12H2,1-3H3. The molecule has 1 saturated heterocycles. The van der Waals surface area contributed by atoms with E-state index in [0.29, 0.717) is 12.1 Å². The summed E-state index contributed by atoms with van der Waals surface area (Å²) in [6.07, 6.45) is 5.12. The van der Waals surface area contributed by atoms with Crippen LogP contribution in [0.25, 0.3) is 0 Å². The molecule has 0 spiro atoms. The van der Waals surface area contributed by atoms with E-state index in [0.717, 1.165) is 11.7 Å². The monoisotopic (exact) mass is 288 g/mol. The van der Waals surface area contributed by atoms with E-state index in [2.05, 4.69) is 42.4 Å². The first-order valence-electron chi connectivity index (χ1n) is 8.35. The molecule has 1 N–H and O–H groups in total. The van der Waals surface area contributed by atoms with Gasteiger partial charge in [-0.1, -0.05) is 19.4 Å². The van der Waals surface area contributed by atoms with Gasteiger partial charge in [0, 0.05) is 18.6 Å². The van der Waals surface area contributed by atoms with E-state index in [1.54, 1.807) is 7.11 Å². The van der Waals surface area contributed by atoms with E-state index in [-0.39, 0.29) is 0 Å². The van der Waals surface area contributed by atoms with Gasteiger partial charge in [0.05, 0.1) is 7.11 Å². The van der Waals surface area contributed by atoms with Crippen LogP contribution >= 0.6 is 0 Å². The van der Waals surface area contributed by atoms with Crippen molar-refractivity contribution in [2.24, 2.45) is 5.92 Å². The third-order valence-electron chi connectivity index (χ3n) is 5.45. The number of nitrogens with one attached hydrogen (secondary N) is 1. The Bertz CT molecular complexity index is 488. The van der Waals surface area contributed by atoms with Crippen LogP contribution in [0.3, 0.4) is 0 Å². The average Bonchev–Trinajstić information content (AvgIpc) is 3.01. The summed E-state index contributed by atoms with van der Waals surface area (Å²) >= 11 is 0. The molecular formula is C18H28N2O. The fourth-order valence-electron chi connectivity index (χ4n) is 4.14. The molecule has 1 aromatic rings. The van der Waals surface area contributed by atoms with Gasteiger partial charge in [-0.05, 0) is 62.0 Å². The molecule has 1 aliphatic carbocycles. The Morgan fingerprint density at radius 1 is 1.33 bits per heavy atom. The van der Waals surface area contributed by atoms with Crippen LogP contribution in [0, 0.1) is 5.92 Å². The van der Waals surface area contributed by atoms with Gasteiger partial charge in [0.1, 0.15) is 5.75 Å². The summed E-state index contributed by atoms with van der Waals surface area (Å²) in [6, 6.07) is 7.68. The van der Waals surface area contributed by atoms with Crippen molar-refractivity contribution >= 4 is 0 Å². The van der Waals surface area contributed by atoms with Crippen LogP contribution in [0.15, 0.2) is 18.2 Å². The van der Waals surface area contributed by atoms with Gasteiger partial charge in [0.15, 0.2) is 0 Å². The van der Waals surface area contributed by atoms with Crippen LogP contribution < -0.4 is 10.1 Å². The number of aryl methyl sites for hydroxylation is 1. The number of nitrogens with zero attached hydrogens (tertiary/aromatic N) is 1. The third kappa shape index (κ3) is 2.82. The van der Waals surface area contributed by atoms with Gasteiger partial charge >= 0.3 is 0 Å². The highest BCUT2D eigenvalue weighted by molar-refractivity contribution is 5.40. The molecule has 1 aromatic carbocycles. The minimum absolute atomic E-state index is 0.454. The van der Waals surface area contributed by atoms with E-state index < -0.39 is 0 Å². The van der Waals surface area contributed by atoms with E-state index >= 15 is 0 Å². The molecular weight excluding hydrogens is 260 g/mol. The lowest BCUT2D eigenvalue weighted by molar-refractivity contribution is 0.170. The zero-order chi connectivity index (χ0) is 14.8. The van der Waals surface area contributed by atoms with Crippen LogP contribution in [0.4, 0.5) is 0 Å². The largest absolute Gasteiger partial charge is 0.497 e. The molecule has 0 amide bonds. The normalized spacial score (nSPS) is 29.4. The van der Waals surface area contributed by atoms with E-state index in [1.807, 2.05) is 0 Å². The molecule has 2 aliphatic rings. The Balaban J connectivity index is 1.82. The first-order valence-corrected chi connectivity index (χ1v) is 8.35. The van der Waals surface area contributed by atoms with Crippen molar-refractivity contribution in [1.29, 1.82) is 0 Å². The number of likely N-dealkylation sites (tertiary alicyclic amines) is 1.